The van der Waals surface area contributed by atoms with E-state index in [1.54, 1.807) is 17.0 Å². The number of hydrogen-bond acceptors (Lipinski definition) is 4. The first-order chi connectivity index (χ1) is 9.99. The van der Waals surface area contributed by atoms with Gasteiger partial charge in [0.25, 0.3) is 0 Å². The zero-order valence-corrected chi connectivity index (χ0v) is 12.8. The molecule has 1 N–H and O–H groups in total. The minimum atomic E-state index is -3.18. The lowest BCUT2D eigenvalue weighted by molar-refractivity contribution is 0.198. The Morgan fingerprint density at radius 2 is 2.14 bits per heavy atom. The molecular formula is C14H19N3O3S. The zero-order chi connectivity index (χ0) is 15.0. The Balaban J connectivity index is 1.71. The summed E-state index contributed by atoms with van der Waals surface area (Å²) in [6, 6.07) is 7.01. The molecule has 1 unspecified atom stereocenters. The van der Waals surface area contributed by atoms with Gasteiger partial charge in [-0.25, -0.2) is 13.2 Å². The highest BCUT2D eigenvalue weighted by atomic mass is 32.2. The summed E-state index contributed by atoms with van der Waals surface area (Å²) in [5, 5.41) is 2.76. The van der Waals surface area contributed by atoms with Gasteiger partial charge in [0.15, 0.2) is 9.84 Å². The van der Waals surface area contributed by atoms with Crippen LogP contribution in [0.2, 0.25) is 0 Å². The van der Waals surface area contributed by atoms with Crippen LogP contribution in [-0.4, -0.2) is 63.2 Å². The highest BCUT2D eigenvalue weighted by Gasteiger charge is 2.36. The molecule has 0 saturated carbocycles. The predicted molar refractivity (Wildman–Crippen MR) is 78.8 cm³/mol. The molecular weight excluding hydrogens is 290 g/mol. The molecule has 2 aliphatic heterocycles. The molecule has 2 heterocycles. The maximum Gasteiger partial charge on any atom is 0.317 e. The first kappa shape index (κ1) is 14.3. The summed E-state index contributed by atoms with van der Waals surface area (Å²) in [6.45, 7) is 2.67. The molecule has 0 spiro atoms. The van der Waals surface area contributed by atoms with Crippen molar-refractivity contribution in [2.75, 3.05) is 39.0 Å². The number of likely N-dealkylation sites (N-methyl/N-ethyl adjacent to an activating group) is 1. The summed E-state index contributed by atoms with van der Waals surface area (Å²) in [7, 11) is -1.27. The SMILES string of the molecule is CN(CCN1CCNC1=O)C1CS(=O)(=O)c2ccccc21. The number of fused-ring (bicyclic) bond motifs is 1. The minimum absolute atomic E-state index is 0.0390. The van der Waals surface area contributed by atoms with Crippen LogP contribution in [-0.2, 0) is 9.84 Å². The second kappa shape index (κ2) is 5.31. The average molecular weight is 309 g/mol. The molecule has 1 fully saturated rings. The van der Waals surface area contributed by atoms with Crippen molar-refractivity contribution < 1.29 is 13.2 Å². The molecule has 114 valence electrons. The molecule has 0 bridgehead atoms. The van der Waals surface area contributed by atoms with Gasteiger partial charge in [-0.3, -0.25) is 4.90 Å². The monoisotopic (exact) mass is 309 g/mol. The van der Waals surface area contributed by atoms with E-state index in [1.807, 2.05) is 24.1 Å². The molecule has 2 amide bonds. The van der Waals surface area contributed by atoms with E-state index in [4.69, 9.17) is 0 Å². The number of benzene rings is 1. The molecule has 0 aromatic heterocycles. The molecule has 3 rings (SSSR count). The van der Waals surface area contributed by atoms with Gasteiger partial charge in [0.2, 0.25) is 0 Å². The van der Waals surface area contributed by atoms with Crippen molar-refractivity contribution in [1.29, 1.82) is 0 Å². The Hall–Kier alpha value is -1.60. The fourth-order valence-electron chi connectivity index (χ4n) is 2.95. The van der Waals surface area contributed by atoms with E-state index in [0.717, 1.165) is 5.56 Å². The van der Waals surface area contributed by atoms with Crippen molar-refractivity contribution in [1.82, 2.24) is 15.1 Å². The van der Waals surface area contributed by atoms with Crippen molar-refractivity contribution in [3.05, 3.63) is 29.8 Å². The lowest BCUT2D eigenvalue weighted by Gasteiger charge is -2.26. The molecule has 1 atom stereocenters. The number of amides is 2. The third-order valence-electron chi connectivity index (χ3n) is 4.19. The van der Waals surface area contributed by atoms with E-state index >= 15 is 0 Å². The Kier molecular flexibility index (Phi) is 3.62. The minimum Gasteiger partial charge on any atom is -0.336 e. The van der Waals surface area contributed by atoms with Crippen LogP contribution in [0.1, 0.15) is 11.6 Å². The normalized spacial score (nSPS) is 23.4. The first-order valence-corrected chi connectivity index (χ1v) is 8.69. The van der Waals surface area contributed by atoms with Crippen LogP contribution in [0.4, 0.5) is 4.79 Å². The van der Waals surface area contributed by atoms with Crippen molar-refractivity contribution >= 4 is 15.9 Å². The number of nitrogens with one attached hydrogen (secondary N) is 1. The van der Waals surface area contributed by atoms with Crippen LogP contribution in [0.5, 0.6) is 0 Å². The Labute approximate surface area is 124 Å². The summed E-state index contributed by atoms with van der Waals surface area (Å²) < 4.78 is 24.4. The fraction of sp³-hybridized carbons (Fsp3) is 0.500. The molecule has 1 aromatic rings. The second-order valence-electron chi connectivity index (χ2n) is 5.53. The first-order valence-electron chi connectivity index (χ1n) is 7.04. The number of carbonyl (C=O) groups is 1. The van der Waals surface area contributed by atoms with Gasteiger partial charge < -0.3 is 10.2 Å². The van der Waals surface area contributed by atoms with E-state index in [0.29, 0.717) is 31.1 Å². The quantitative estimate of drug-likeness (QED) is 0.878. The largest absolute Gasteiger partial charge is 0.336 e. The van der Waals surface area contributed by atoms with Gasteiger partial charge in [0.1, 0.15) is 0 Å². The molecule has 0 radical (unpaired) electrons. The van der Waals surface area contributed by atoms with Crippen molar-refractivity contribution in [3.8, 4) is 0 Å². The van der Waals surface area contributed by atoms with Gasteiger partial charge in [0, 0.05) is 26.2 Å². The fourth-order valence-corrected chi connectivity index (χ4v) is 4.83. The molecule has 21 heavy (non-hydrogen) atoms. The number of carbonyl (C=O) groups excluding carboxylic acids is 1. The Morgan fingerprint density at radius 1 is 1.38 bits per heavy atom. The van der Waals surface area contributed by atoms with Crippen LogP contribution in [0.25, 0.3) is 0 Å². The number of sulfone groups is 1. The standard InChI is InChI=1S/C14H19N3O3S/c1-16(8-9-17-7-6-15-14(17)18)12-10-21(19,20)13-5-3-2-4-11(12)13/h2-5,12H,6-10H2,1H3,(H,15,18). The van der Waals surface area contributed by atoms with E-state index in [1.165, 1.54) is 0 Å². The highest BCUT2D eigenvalue weighted by molar-refractivity contribution is 7.91. The zero-order valence-electron chi connectivity index (χ0n) is 11.9. The molecule has 1 aromatic carbocycles. The Bertz CT molecular complexity index is 659. The summed E-state index contributed by atoms with van der Waals surface area (Å²) in [4.78, 5) is 15.7. The van der Waals surface area contributed by atoms with E-state index in [9.17, 15) is 13.2 Å². The van der Waals surface area contributed by atoms with Crippen LogP contribution in [0, 0.1) is 0 Å². The van der Waals surface area contributed by atoms with Crippen LogP contribution < -0.4 is 5.32 Å². The van der Waals surface area contributed by atoms with Gasteiger partial charge in [-0.15, -0.1) is 0 Å². The number of rotatable bonds is 4. The van der Waals surface area contributed by atoms with Crippen LogP contribution >= 0.6 is 0 Å². The molecule has 6 nitrogen and oxygen atoms in total. The highest BCUT2D eigenvalue weighted by Crippen LogP contribution is 2.36. The van der Waals surface area contributed by atoms with Crippen molar-refractivity contribution in [2.24, 2.45) is 0 Å². The number of hydrogen-bond donors (Lipinski definition) is 1. The average Bonchev–Trinajstić information content (AvgIpc) is 2.98. The smallest absolute Gasteiger partial charge is 0.317 e. The van der Waals surface area contributed by atoms with Gasteiger partial charge >= 0.3 is 6.03 Å². The molecule has 2 aliphatic rings. The van der Waals surface area contributed by atoms with Gasteiger partial charge in [-0.2, -0.15) is 0 Å². The predicted octanol–water partition coefficient (Wildman–Crippen LogP) is 0.472. The topological polar surface area (TPSA) is 69.7 Å². The van der Waals surface area contributed by atoms with E-state index < -0.39 is 9.84 Å². The molecule has 1 saturated heterocycles. The summed E-state index contributed by atoms with van der Waals surface area (Å²) >= 11 is 0. The summed E-state index contributed by atoms with van der Waals surface area (Å²) in [5.74, 6) is 0.120. The van der Waals surface area contributed by atoms with E-state index in [-0.39, 0.29) is 17.8 Å². The second-order valence-corrected chi connectivity index (χ2v) is 7.54. The van der Waals surface area contributed by atoms with Crippen molar-refractivity contribution in [2.45, 2.75) is 10.9 Å². The molecule has 0 aliphatic carbocycles. The van der Waals surface area contributed by atoms with Crippen LogP contribution in [0.15, 0.2) is 29.2 Å². The summed E-state index contributed by atoms with van der Waals surface area (Å²) in [6.07, 6.45) is 0. The van der Waals surface area contributed by atoms with Gasteiger partial charge in [-0.1, -0.05) is 18.2 Å². The van der Waals surface area contributed by atoms with Gasteiger partial charge in [-0.05, 0) is 18.7 Å². The van der Waals surface area contributed by atoms with Crippen molar-refractivity contribution in [3.63, 3.8) is 0 Å². The van der Waals surface area contributed by atoms with Crippen LogP contribution in [0.3, 0.4) is 0 Å². The third kappa shape index (κ3) is 2.63. The number of urea groups is 1. The Morgan fingerprint density at radius 3 is 2.86 bits per heavy atom. The maximum atomic E-state index is 12.2. The lowest BCUT2D eigenvalue weighted by atomic mass is 10.1. The third-order valence-corrected chi connectivity index (χ3v) is 5.99. The maximum absolute atomic E-state index is 12.2. The van der Waals surface area contributed by atoms with E-state index in [2.05, 4.69) is 5.32 Å². The lowest BCUT2D eigenvalue weighted by Crippen LogP contribution is -2.37. The van der Waals surface area contributed by atoms with Gasteiger partial charge in [0.05, 0.1) is 16.7 Å². The number of nitrogens with zero attached hydrogens (tertiary/aromatic N) is 2. The molecule has 7 heteroatoms. The summed E-state index contributed by atoms with van der Waals surface area (Å²) in [5.41, 5.74) is 0.867.